The van der Waals surface area contributed by atoms with Crippen molar-refractivity contribution in [2.45, 2.75) is 62.3 Å². The number of fused-ring (bicyclic) bond motifs is 2. The first-order valence-corrected chi connectivity index (χ1v) is 16.8. The van der Waals surface area contributed by atoms with Gasteiger partial charge < -0.3 is 33.9 Å². The maximum atomic E-state index is 13.6. The molecular formula is C37H32F6N2O10. The van der Waals surface area contributed by atoms with E-state index in [1.807, 2.05) is 6.07 Å². The number of esters is 2. The van der Waals surface area contributed by atoms with Gasteiger partial charge >= 0.3 is 30.4 Å². The molecular weight excluding hydrogens is 746 g/mol. The van der Waals surface area contributed by atoms with Crippen LogP contribution in [0.2, 0.25) is 0 Å². The van der Waals surface area contributed by atoms with Gasteiger partial charge in [0.05, 0.1) is 42.2 Å². The summed E-state index contributed by atoms with van der Waals surface area (Å²) in [6.45, 7) is -0.0510. The highest BCUT2D eigenvalue weighted by molar-refractivity contribution is 6.06. The van der Waals surface area contributed by atoms with E-state index in [4.69, 9.17) is 14.2 Å². The number of amides is 2. The normalized spacial score (nSPS) is 17.1. The number of hydrogen-bond acceptors (Lipinski definition) is 10. The second kappa shape index (κ2) is 14.4. The maximum absolute atomic E-state index is 13.6. The van der Waals surface area contributed by atoms with Gasteiger partial charge in [-0.1, -0.05) is 30.3 Å². The zero-order chi connectivity index (χ0) is 39.9. The smallest absolute Gasteiger partial charge is 0.417 e. The number of methoxy groups -OCH3 is 2. The summed E-state index contributed by atoms with van der Waals surface area (Å²) in [5.41, 5.74) is -4.77. The number of rotatable bonds is 7. The molecule has 7 rings (SSSR count). The van der Waals surface area contributed by atoms with E-state index in [0.29, 0.717) is 31.7 Å². The number of carbonyl (C=O) groups excluding carboxylic acids is 5. The second-order valence-corrected chi connectivity index (χ2v) is 13.1. The Labute approximate surface area is 308 Å². The maximum Gasteiger partial charge on any atom is 0.417 e. The number of nitrogens with one attached hydrogen (secondary N) is 1. The number of halogens is 6. The molecule has 4 aliphatic rings. The number of carbonyl (C=O) groups is 5. The fourth-order valence-electron chi connectivity index (χ4n) is 6.15. The van der Waals surface area contributed by atoms with Gasteiger partial charge in [0.2, 0.25) is 0 Å². The highest BCUT2D eigenvalue weighted by Crippen LogP contribution is 2.51. The first kappa shape index (κ1) is 38.9. The SMILES string of the molecule is COC(=O)c1cc2c(cc1C(F)(F)F)OC1(CC1)C(=O)C2.COC(=O)c1cc2c(cc1C(F)(F)F)OC1(CC1)C(=O)N2CCNC(=O)OCc1ccccc1. The minimum Gasteiger partial charge on any atom is -0.479 e. The number of hydrogen-bond donors (Lipinski definition) is 1. The van der Waals surface area contributed by atoms with E-state index >= 15 is 0 Å². The van der Waals surface area contributed by atoms with E-state index < -0.39 is 69.7 Å². The van der Waals surface area contributed by atoms with Crippen LogP contribution in [-0.4, -0.2) is 68.2 Å². The number of alkyl carbamates (subject to hydrolysis) is 1. The van der Waals surface area contributed by atoms with Gasteiger partial charge in [-0.15, -0.1) is 0 Å². The van der Waals surface area contributed by atoms with Crippen LogP contribution in [-0.2, 0) is 49.2 Å². The van der Waals surface area contributed by atoms with Gasteiger partial charge in [-0.3, -0.25) is 9.59 Å². The Morgan fingerprint density at radius 1 is 0.782 bits per heavy atom. The van der Waals surface area contributed by atoms with Crippen LogP contribution >= 0.6 is 0 Å². The van der Waals surface area contributed by atoms with E-state index in [0.717, 1.165) is 38.0 Å². The second-order valence-electron chi connectivity index (χ2n) is 13.1. The van der Waals surface area contributed by atoms with Crippen LogP contribution in [0.15, 0.2) is 54.6 Å². The number of benzene rings is 3. The zero-order valence-electron chi connectivity index (χ0n) is 29.2. The van der Waals surface area contributed by atoms with E-state index in [9.17, 15) is 50.3 Å². The number of ether oxygens (including phenoxy) is 5. The Morgan fingerprint density at radius 3 is 1.87 bits per heavy atom. The molecule has 3 aromatic rings. The molecule has 292 valence electrons. The molecule has 2 aliphatic carbocycles. The topological polar surface area (TPSA) is 147 Å². The summed E-state index contributed by atoms with van der Waals surface area (Å²) in [5, 5.41) is 2.52. The lowest BCUT2D eigenvalue weighted by molar-refractivity contribution is -0.139. The zero-order valence-corrected chi connectivity index (χ0v) is 29.2. The fraction of sp³-hybridized carbons (Fsp3) is 0.378. The van der Waals surface area contributed by atoms with Crippen LogP contribution < -0.4 is 19.7 Å². The molecule has 0 saturated heterocycles. The van der Waals surface area contributed by atoms with Crippen molar-refractivity contribution in [3.05, 3.63) is 88.0 Å². The molecule has 2 fully saturated rings. The van der Waals surface area contributed by atoms with Crippen LogP contribution in [0.3, 0.4) is 0 Å². The van der Waals surface area contributed by atoms with Gasteiger partial charge in [0.25, 0.3) is 5.91 Å². The van der Waals surface area contributed by atoms with Crippen LogP contribution in [0.4, 0.5) is 36.8 Å². The van der Waals surface area contributed by atoms with Crippen molar-refractivity contribution in [1.82, 2.24) is 5.32 Å². The Morgan fingerprint density at radius 2 is 1.33 bits per heavy atom. The standard InChI is InChI=1S/C23H21F3N2O6.C14H11F3O4/c1-32-19(29)15-11-17-18(12-16(15)23(24,25)26)34-22(7-8-22)20(30)28(17)10-9-27-21(31)33-13-14-5-3-2-4-6-14;1-20-12(19)8-4-7-5-11(18)13(2-3-13)21-10(7)6-9(8)14(15,16)17/h2-6,11-12H,7-10,13H2,1H3,(H,27,31);4,6H,2-3,5H2,1H3. The predicted molar refractivity (Wildman–Crippen MR) is 176 cm³/mol. The Balaban J connectivity index is 0.000000209. The van der Waals surface area contributed by atoms with Gasteiger partial charge in [0.15, 0.2) is 17.0 Å². The first-order chi connectivity index (χ1) is 25.9. The number of nitrogens with zero attached hydrogens (tertiary/aromatic N) is 1. The van der Waals surface area contributed by atoms with Gasteiger partial charge in [0.1, 0.15) is 18.1 Å². The van der Waals surface area contributed by atoms with Crippen molar-refractivity contribution in [2.75, 3.05) is 32.2 Å². The summed E-state index contributed by atoms with van der Waals surface area (Å²) in [7, 11) is 1.97. The van der Waals surface area contributed by atoms with Gasteiger partial charge in [0, 0.05) is 37.9 Å². The van der Waals surface area contributed by atoms with Crippen molar-refractivity contribution in [2.24, 2.45) is 0 Å². The monoisotopic (exact) mass is 778 g/mol. The van der Waals surface area contributed by atoms with Crippen LogP contribution in [0.1, 0.15) is 68.7 Å². The van der Waals surface area contributed by atoms with Gasteiger partial charge in [-0.25, -0.2) is 14.4 Å². The van der Waals surface area contributed by atoms with Crippen molar-refractivity contribution in [1.29, 1.82) is 0 Å². The van der Waals surface area contributed by atoms with E-state index in [1.165, 1.54) is 4.90 Å². The number of anilines is 1. The quantitative estimate of drug-likeness (QED) is 0.167. The Kier molecular flexibility index (Phi) is 10.2. The fourth-order valence-corrected chi connectivity index (χ4v) is 6.15. The van der Waals surface area contributed by atoms with Gasteiger partial charge in [-0.2, -0.15) is 26.3 Å². The van der Waals surface area contributed by atoms with Crippen molar-refractivity contribution < 1.29 is 74.0 Å². The molecule has 2 heterocycles. The number of alkyl halides is 6. The van der Waals surface area contributed by atoms with E-state index in [2.05, 4.69) is 14.8 Å². The lowest BCUT2D eigenvalue weighted by atomic mass is 9.94. The molecule has 55 heavy (non-hydrogen) atoms. The Hall–Kier alpha value is -5.81. The molecule has 0 unspecified atom stereocenters. The molecule has 2 spiro atoms. The summed E-state index contributed by atoms with van der Waals surface area (Å²) in [6, 6.07) is 12.5. The third-order valence-corrected chi connectivity index (χ3v) is 9.34. The average Bonchev–Trinajstić information content (AvgIpc) is 4.09. The van der Waals surface area contributed by atoms with Crippen LogP contribution in [0.25, 0.3) is 0 Å². The summed E-state index contributed by atoms with van der Waals surface area (Å²) in [5.74, 6) is -3.04. The molecule has 2 saturated carbocycles. The Bertz CT molecular complexity index is 2040. The van der Waals surface area contributed by atoms with Crippen LogP contribution in [0.5, 0.6) is 11.5 Å². The average molecular weight is 779 g/mol. The van der Waals surface area contributed by atoms with Crippen LogP contribution in [0, 0.1) is 0 Å². The summed E-state index contributed by atoms with van der Waals surface area (Å²) in [6.07, 6.45) is -8.54. The predicted octanol–water partition coefficient (Wildman–Crippen LogP) is 6.21. The largest absolute Gasteiger partial charge is 0.479 e. The summed E-state index contributed by atoms with van der Waals surface area (Å²) >= 11 is 0. The minimum atomic E-state index is -4.84. The molecule has 0 aromatic heterocycles. The molecule has 12 nitrogen and oxygen atoms in total. The van der Waals surface area contributed by atoms with Crippen molar-refractivity contribution >= 4 is 35.4 Å². The highest BCUT2D eigenvalue weighted by Gasteiger charge is 2.58. The lowest BCUT2D eigenvalue weighted by Crippen LogP contribution is -2.50. The molecule has 0 atom stereocenters. The summed E-state index contributed by atoms with van der Waals surface area (Å²) < 4.78 is 105. The van der Waals surface area contributed by atoms with E-state index in [1.54, 1.807) is 24.3 Å². The lowest BCUT2D eigenvalue weighted by Gasteiger charge is -2.35. The molecule has 0 bridgehead atoms. The first-order valence-electron chi connectivity index (χ1n) is 16.8. The number of ketones is 1. The molecule has 1 N–H and O–H groups in total. The molecule has 2 amide bonds. The third-order valence-electron chi connectivity index (χ3n) is 9.34. The molecule has 2 aliphatic heterocycles. The molecule has 18 heteroatoms. The number of Topliss-reactive ketones (excluding diaryl/α,β-unsaturated/α-hetero) is 1. The molecule has 3 aromatic carbocycles. The minimum absolute atomic E-state index is 0.00428. The van der Waals surface area contributed by atoms with E-state index in [-0.39, 0.29) is 54.7 Å². The molecule has 0 radical (unpaired) electrons. The van der Waals surface area contributed by atoms with Gasteiger partial charge in [-0.05, 0) is 42.7 Å². The highest BCUT2D eigenvalue weighted by atomic mass is 19.4. The summed E-state index contributed by atoms with van der Waals surface area (Å²) in [4.78, 5) is 61.7. The van der Waals surface area contributed by atoms with Crippen molar-refractivity contribution in [3.63, 3.8) is 0 Å². The third kappa shape index (κ3) is 8.02. The van der Waals surface area contributed by atoms with Crippen molar-refractivity contribution in [3.8, 4) is 11.5 Å².